The van der Waals surface area contributed by atoms with Crippen LogP contribution >= 0.6 is 23.4 Å². The number of hydrogen-bond acceptors (Lipinski definition) is 5. The third kappa shape index (κ3) is 4.07. The molecule has 6 nitrogen and oxygen atoms in total. The molecule has 0 spiro atoms. The summed E-state index contributed by atoms with van der Waals surface area (Å²) in [5, 5.41) is 11.9. The van der Waals surface area contributed by atoms with Gasteiger partial charge in [0.1, 0.15) is 6.04 Å². The first-order valence-corrected chi connectivity index (χ1v) is 7.07. The maximum absolute atomic E-state index is 12.0. The van der Waals surface area contributed by atoms with Crippen molar-refractivity contribution in [3.63, 3.8) is 0 Å². The summed E-state index contributed by atoms with van der Waals surface area (Å²) in [7, 11) is 0. The SMILES string of the molecule is CSc1ncc(Cl)c(C(=O)NC(C(=O)O)C(C)C)n1. The molecule has 104 valence electrons. The van der Waals surface area contributed by atoms with Crippen molar-refractivity contribution in [1.29, 1.82) is 0 Å². The Kier molecular flexibility index (Phi) is 5.56. The minimum absolute atomic E-state index is 0.0204. The van der Waals surface area contributed by atoms with Gasteiger partial charge in [-0.2, -0.15) is 0 Å². The number of carboxylic acid groups (broad SMARTS) is 1. The molecule has 1 aromatic rings. The van der Waals surface area contributed by atoms with E-state index in [0.717, 1.165) is 0 Å². The molecular formula is C11H14ClN3O3S. The van der Waals surface area contributed by atoms with Gasteiger partial charge in [-0.3, -0.25) is 4.79 Å². The van der Waals surface area contributed by atoms with Gasteiger partial charge in [0.05, 0.1) is 11.2 Å². The third-order valence-electron chi connectivity index (χ3n) is 2.34. The van der Waals surface area contributed by atoms with E-state index in [2.05, 4.69) is 15.3 Å². The van der Waals surface area contributed by atoms with Crippen LogP contribution in [-0.4, -0.2) is 39.2 Å². The third-order valence-corrected chi connectivity index (χ3v) is 3.18. The zero-order valence-electron chi connectivity index (χ0n) is 10.7. The lowest BCUT2D eigenvalue weighted by molar-refractivity contribution is -0.140. The van der Waals surface area contributed by atoms with E-state index < -0.39 is 17.9 Å². The number of carbonyl (C=O) groups excluding carboxylic acids is 1. The molecule has 2 N–H and O–H groups in total. The maximum atomic E-state index is 12.0. The van der Waals surface area contributed by atoms with Crippen LogP contribution in [0.1, 0.15) is 24.3 Å². The van der Waals surface area contributed by atoms with Gasteiger partial charge < -0.3 is 10.4 Å². The van der Waals surface area contributed by atoms with Crippen molar-refractivity contribution in [3.05, 3.63) is 16.9 Å². The van der Waals surface area contributed by atoms with E-state index in [1.807, 2.05) is 0 Å². The number of nitrogens with one attached hydrogen (secondary N) is 1. The van der Waals surface area contributed by atoms with Crippen molar-refractivity contribution >= 4 is 35.2 Å². The fraction of sp³-hybridized carbons (Fsp3) is 0.455. The second kappa shape index (κ2) is 6.72. The summed E-state index contributed by atoms with van der Waals surface area (Å²) in [4.78, 5) is 30.9. The Bertz CT molecular complexity index is 496. The Morgan fingerprint density at radius 2 is 2.11 bits per heavy atom. The van der Waals surface area contributed by atoms with Crippen molar-refractivity contribution in [2.75, 3.05) is 6.26 Å². The van der Waals surface area contributed by atoms with Crippen molar-refractivity contribution < 1.29 is 14.7 Å². The second-order valence-electron chi connectivity index (χ2n) is 4.09. The van der Waals surface area contributed by atoms with Gasteiger partial charge in [-0.05, 0) is 12.2 Å². The summed E-state index contributed by atoms with van der Waals surface area (Å²) in [5.74, 6) is -1.97. The number of carboxylic acids is 1. The summed E-state index contributed by atoms with van der Waals surface area (Å²) in [5.41, 5.74) is -0.0204. The largest absolute Gasteiger partial charge is 0.480 e. The number of rotatable bonds is 5. The van der Waals surface area contributed by atoms with E-state index >= 15 is 0 Å². The first-order chi connectivity index (χ1) is 8.86. The van der Waals surface area contributed by atoms with Gasteiger partial charge in [0.15, 0.2) is 10.9 Å². The first-order valence-electron chi connectivity index (χ1n) is 5.47. The molecule has 0 bridgehead atoms. The van der Waals surface area contributed by atoms with Crippen LogP contribution in [0.2, 0.25) is 5.02 Å². The standard InChI is InChI=1S/C11H14ClN3O3S/c1-5(2)7(10(17)18)14-9(16)8-6(12)4-13-11(15-8)19-3/h4-5,7H,1-3H3,(H,14,16)(H,17,18). The van der Waals surface area contributed by atoms with E-state index in [1.54, 1.807) is 20.1 Å². The monoisotopic (exact) mass is 303 g/mol. The molecule has 1 unspecified atom stereocenters. The molecular weight excluding hydrogens is 290 g/mol. The van der Waals surface area contributed by atoms with Crippen LogP contribution in [0, 0.1) is 5.92 Å². The zero-order chi connectivity index (χ0) is 14.6. The van der Waals surface area contributed by atoms with E-state index in [4.69, 9.17) is 16.7 Å². The normalized spacial score (nSPS) is 12.3. The lowest BCUT2D eigenvalue weighted by Gasteiger charge is -2.17. The molecule has 0 aliphatic heterocycles. The predicted octanol–water partition coefficient (Wildman–Crippen LogP) is 1.69. The number of aromatic nitrogens is 2. The molecule has 0 saturated heterocycles. The Hall–Kier alpha value is -1.34. The van der Waals surface area contributed by atoms with Gasteiger partial charge in [0, 0.05) is 0 Å². The Morgan fingerprint density at radius 3 is 2.58 bits per heavy atom. The summed E-state index contributed by atoms with van der Waals surface area (Å²) in [6, 6.07) is -0.990. The lowest BCUT2D eigenvalue weighted by atomic mass is 10.0. The number of carbonyl (C=O) groups is 2. The van der Waals surface area contributed by atoms with Gasteiger partial charge in [-0.15, -0.1) is 0 Å². The first kappa shape index (κ1) is 15.7. The van der Waals surface area contributed by atoms with Crippen molar-refractivity contribution in [2.45, 2.75) is 25.0 Å². The van der Waals surface area contributed by atoms with Gasteiger partial charge in [0.25, 0.3) is 5.91 Å². The predicted molar refractivity (Wildman–Crippen MR) is 72.6 cm³/mol. The second-order valence-corrected chi connectivity index (χ2v) is 5.27. The molecule has 1 aromatic heterocycles. The molecule has 1 rings (SSSR count). The lowest BCUT2D eigenvalue weighted by Crippen LogP contribution is -2.44. The molecule has 0 radical (unpaired) electrons. The highest BCUT2D eigenvalue weighted by atomic mass is 35.5. The average Bonchev–Trinajstić information content (AvgIpc) is 2.35. The average molecular weight is 304 g/mol. The van der Waals surface area contributed by atoms with Crippen LogP contribution < -0.4 is 5.32 Å². The fourth-order valence-corrected chi connectivity index (χ4v) is 1.85. The van der Waals surface area contributed by atoms with Crippen molar-refractivity contribution in [2.24, 2.45) is 5.92 Å². The number of halogens is 1. The fourth-order valence-electron chi connectivity index (χ4n) is 1.33. The topological polar surface area (TPSA) is 92.2 Å². The van der Waals surface area contributed by atoms with Crippen LogP contribution in [0.15, 0.2) is 11.4 Å². The Morgan fingerprint density at radius 1 is 1.47 bits per heavy atom. The van der Waals surface area contributed by atoms with E-state index in [1.165, 1.54) is 18.0 Å². The van der Waals surface area contributed by atoms with Crippen LogP contribution in [0.25, 0.3) is 0 Å². The number of thioether (sulfide) groups is 1. The number of hydrogen-bond donors (Lipinski definition) is 2. The highest BCUT2D eigenvalue weighted by Crippen LogP contribution is 2.17. The molecule has 0 aromatic carbocycles. The van der Waals surface area contributed by atoms with Crippen LogP contribution in [0.4, 0.5) is 0 Å². The summed E-state index contributed by atoms with van der Waals surface area (Å²) in [6.45, 7) is 3.40. The Balaban J connectivity index is 2.97. The molecule has 1 atom stereocenters. The van der Waals surface area contributed by atoms with E-state index in [0.29, 0.717) is 5.16 Å². The molecule has 0 aliphatic carbocycles. The molecule has 0 fully saturated rings. The highest BCUT2D eigenvalue weighted by Gasteiger charge is 2.25. The number of amides is 1. The smallest absolute Gasteiger partial charge is 0.326 e. The van der Waals surface area contributed by atoms with E-state index in [9.17, 15) is 9.59 Å². The van der Waals surface area contributed by atoms with Gasteiger partial charge in [0.2, 0.25) is 0 Å². The molecule has 19 heavy (non-hydrogen) atoms. The minimum atomic E-state index is -1.10. The molecule has 0 saturated carbocycles. The molecule has 8 heteroatoms. The molecule has 1 amide bonds. The number of nitrogens with zero attached hydrogens (tertiary/aromatic N) is 2. The Labute approximate surface area is 120 Å². The van der Waals surface area contributed by atoms with Crippen molar-refractivity contribution in [3.8, 4) is 0 Å². The molecule has 0 aliphatic rings. The summed E-state index contributed by atoms with van der Waals surface area (Å²) < 4.78 is 0. The quantitative estimate of drug-likeness (QED) is 0.635. The van der Waals surface area contributed by atoms with Gasteiger partial charge in [-0.1, -0.05) is 37.2 Å². The number of aliphatic carboxylic acids is 1. The van der Waals surface area contributed by atoms with E-state index in [-0.39, 0.29) is 16.6 Å². The highest BCUT2D eigenvalue weighted by molar-refractivity contribution is 7.98. The van der Waals surface area contributed by atoms with Crippen LogP contribution in [-0.2, 0) is 4.79 Å². The minimum Gasteiger partial charge on any atom is -0.480 e. The van der Waals surface area contributed by atoms with Crippen LogP contribution in [0.5, 0.6) is 0 Å². The van der Waals surface area contributed by atoms with Gasteiger partial charge in [-0.25, -0.2) is 14.8 Å². The summed E-state index contributed by atoms with van der Waals surface area (Å²) >= 11 is 7.11. The van der Waals surface area contributed by atoms with Gasteiger partial charge >= 0.3 is 5.97 Å². The maximum Gasteiger partial charge on any atom is 0.326 e. The molecule has 1 heterocycles. The summed E-state index contributed by atoms with van der Waals surface area (Å²) in [6.07, 6.45) is 3.08. The van der Waals surface area contributed by atoms with Crippen LogP contribution in [0.3, 0.4) is 0 Å². The zero-order valence-corrected chi connectivity index (χ0v) is 12.2. The van der Waals surface area contributed by atoms with Crippen molar-refractivity contribution in [1.82, 2.24) is 15.3 Å².